The van der Waals surface area contributed by atoms with Crippen molar-refractivity contribution in [1.82, 2.24) is 0 Å². The maximum Gasteiger partial charge on any atom is 0.356 e. The van der Waals surface area contributed by atoms with Gasteiger partial charge in [0.05, 0.1) is 0 Å². The monoisotopic (exact) mass is 424 g/mol. The summed E-state index contributed by atoms with van der Waals surface area (Å²) in [6.45, 7) is 7.63. The maximum atomic E-state index is 13.0. The third-order valence-electron chi connectivity index (χ3n) is 10.1. The molecule has 0 bridgehead atoms. The Balaban J connectivity index is 1.59. The van der Waals surface area contributed by atoms with Gasteiger partial charge in [-0.1, -0.05) is 26.8 Å². The van der Waals surface area contributed by atoms with Crippen LogP contribution in [0.3, 0.4) is 0 Å². The standard InChI is InChI=1S/C24H41O4P/c1-16(15-25)20-8-9-21-19-7-6-17-14-18(29(26,27-4)28-5)10-12-23(17,2)22(19)11-13-24(20,21)3/h14,16-17,19-22,25H,6-13,15H2,1-5H3/t16?,17-,19-,20+,21-,22-,23-,24+/m0/s1. The normalized spacial score (nSPS) is 45.7. The highest BCUT2D eigenvalue weighted by molar-refractivity contribution is 7.58. The van der Waals surface area contributed by atoms with Crippen molar-refractivity contribution >= 4 is 7.60 Å². The molecule has 1 N–H and O–H groups in total. The highest BCUT2D eigenvalue weighted by Crippen LogP contribution is 2.69. The smallest absolute Gasteiger partial charge is 0.356 e. The summed E-state index contributed by atoms with van der Waals surface area (Å²) < 4.78 is 23.6. The molecule has 0 saturated heterocycles. The third kappa shape index (κ3) is 3.23. The zero-order valence-electron chi connectivity index (χ0n) is 19.0. The van der Waals surface area contributed by atoms with Crippen molar-refractivity contribution < 1.29 is 18.7 Å². The van der Waals surface area contributed by atoms with Gasteiger partial charge in [-0.15, -0.1) is 0 Å². The Labute approximate surface area is 177 Å². The summed E-state index contributed by atoms with van der Waals surface area (Å²) in [6.07, 6.45) is 12.0. The van der Waals surface area contributed by atoms with E-state index in [0.717, 1.165) is 35.9 Å². The van der Waals surface area contributed by atoms with Gasteiger partial charge in [-0.25, -0.2) is 0 Å². The molecule has 0 aromatic heterocycles. The third-order valence-corrected chi connectivity index (χ3v) is 12.2. The number of aliphatic hydroxyl groups excluding tert-OH is 1. The van der Waals surface area contributed by atoms with E-state index in [2.05, 4.69) is 26.8 Å². The van der Waals surface area contributed by atoms with Crippen LogP contribution in [0.1, 0.15) is 72.1 Å². The van der Waals surface area contributed by atoms with Gasteiger partial charge in [0.1, 0.15) is 0 Å². The SMILES string of the molecule is COP(=O)(OC)C1=C[C@@H]2CC[C@@H]3[C@H](CC[C@]4(C)[C@@H](C(C)CO)CC[C@@H]34)[C@@]2(C)CC1. The van der Waals surface area contributed by atoms with Crippen LogP contribution in [0.15, 0.2) is 11.4 Å². The molecule has 0 aromatic rings. The molecule has 0 aliphatic heterocycles. The minimum Gasteiger partial charge on any atom is -0.396 e. The molecule has 8 atom stereocenters. The van der Waals surface area contributed by atoms with Crippen molar-refractivity contribution in [1.29, 1.82) is 0 Å². The Morgan fingerprint density at radius 2 is 1.76 bits per heavy atom. The molecule has 29 heavy (non-hydrogen) atoms. The van der Waals surface area contributed by atoms with Crippen LogP contribution in [0, 0.1) is 46.3 Å². The van der Waals surface area contributed by atoms with E-state index >= 15 is 0 Å². The lowest BCUT2D eigenvalue weighted by molar-refractivity contribution is -0.0973. The predicted molar refractivity (Wildman–Crippen MR) is 117 cm³/mol. The van der Waals surface area contributed by atoms with Crippen LogP contribution in [0.4, 0.5) is 0 Å². The minimum atomic E-state index is -3.10. The van der Waals surface area contributed by atoms with Gasteiger partial charge in [0, 0.05) is 26.1 Å². The molecule has 3 fully saturated rings. The summed E-state index contributed by atoms with van der Waals surface area (Å²) in [5.41, 5.74) is 0.713. The lowest BCUT2D eigenvalue weighted by Gasteiger charge is -2.60. The van der Waals surface area contributed by atoms with E-state index in [0.29, 0.717) is 35.2 Å². The van der Waals surface area contributed by atoms with E-state index in [1.165, 1.54) is 52.7 Å². The quantitative estimate of drug-likeness (QED) is 0.530. The summed E-state index contributed by atoms with van der Waals surface area (Å²) in [4.78, 5) is 0. The molecule has 0 spiro atoms. The zero-order chi connectivity index (χ0) is 21.0. The van der Waals surface area contributed by atoms with E-state index in [4.69, 9.17) is 9.05 Å². The van der Waals surface area contributed by atoms with Crippen LogP contribution in [-0.2, 0) is 13.6 Å². The molecule has 4 rings (SSSR count). The molecule has 4 aliphatic carbocycles. The number of rotatable bonds is 5. The first kappa shape index (κ1) is 22.1. The fourth-order valence-electron chi connectivity index (χ4n) is 8.48. The number of hydrogen-bond donors (Lipinski definition) is 1. The number of fused-ring (bicyclic) bond motifs is 5. The van der Waals surface area contributed by atoms with E-state index in [9.17, 15) is 9.67 Å². The van der Waals surface area contributed by atoms with Gasteiger partial charge in [0.25, 0.3) is 0 Å². The maximum absolute atomic E-state index is 13.0. The van der Waals surface area contributed by atoms with Gasteiger partial charge in [0.2, 0.25) is 0 Å². The van der Waals surface area contributed by atoms with Crippen LogP contribution >= 0.6 is 7.60 Å². The molecular formula is C24H41O4P. The van der Waals surface area contributed by atoms with Gasteiger partial charge in [0.15, 0.2) is 0 Å². The highest BCUT2D eigenvalue weighted by Gasteiger charge is 2.60. The molecule has 0 aromatic carbocycles. The first-order chi connectivity index (χ1) is 13.7. The molecule has 0 heterocycles. The zero-order valence-corrected chi connectivity index (χ0v) is 19.9. The van der Waals surface area contributed by atoms with Crippen molar-refractivity contribution in [3.63, 3.8) is 0 Å². The number of aliphatic hydroxyl groups is 1. The topological polar surface area (TPSA) is 55.8 Å². The molecule has 4 nitrogen and oxygen atoms in total. The molecule has 1 unspecified atom stereocenters. The first-order valence-corrected chi connectivity index (χ1v) is 13.3. The van der Waals surface area contributed by atoms with Gasteiger partial charge in [-0.05, 0) is 97.7 Å². The minimum absolute atomic E-state index is 0.306. The summed E-state index contributed by atoms with van der Waals surface area (Å²) in [5.74, 6) is 3.99. The van der Waals surface area contributed by atoms with Crippen LogP contribution in [0.25, 0.3) is 0 Å². The highest BCUT2D eigenvalue weighted by atomic mass is 31.2. The van der Waals surface area contributed by atoms with Gasteiger partial charge < -0.3 is 14.2 Å². The lowest BCUT2D eigenvalue weighted by Crippen LogP contribution is -2.52. The second-order valence-corrected chi connectivity index (χ2v) is 13.3. The van der Waals surface area contributed by atoms with E-state index < -0.39 is 7.60 Å². The second kappa shape index (κ2) is 7.76. The predicted octanol–water partition coefficient (Wildman–Crippen LogP) is 6.25. The van der Waals surface area contributed by atoms with Crippen LogP contribution < -0.4 is 0 Å². The van der Waals surface area contributed by atoms with Gasteiger partial charge in [-0.3, -0.25) is 4.57 Å². The van der Waals surface area contributed by atoms with Crippen molar-refractivity contribution in [2.24, 2.45) is 46.3 Å². The molecule has 0 amide bonds. The fourth-order valence-corrected chi connectivity index (χ4v) is 9.85. The van der Waals surface area contributed by atoms with Crippen LogP contribution in [-0.4, -0.2) is 25.9 Å². The summed E-state index contributed by atoms with van der Waals surface area (Å²) >= 11 is 0. The van der Waals surface area contributed by atoms with Crippen molar-refractivity contribution in [3.8, 4) is 0 Å². The van der Waals surface area contributed by atoms with Crippen molar-refractivity contribution in [2.45, 2.75) is 72.1 Å². The van der Waals surface area contributed by atoms with Crippen molar-refractivity contribution in [2.75, 3.05) is 20.8 Å². The summed E-state index contributed by atoms with van der Waals surface area (Å²) in [6, 6.07) is 0. The Morgan fingerprint density at radius 3 is 2.41 bits per heavy atom. The second-order valence-electron chi connectivity index (χ2n) is 11.0. The Morgan fingerprint density at radius 1 is 1.07 bits per heavy atom. The van der Waals surface area contributed by atoms with Gasteiger partial charge >= 0.3 is 7.60 Å². The summed E-state index contributed by atoms with van der Waals surface area (Å²) in [5, 5.41) is 10.7. The first-order valence-electron chi connectivity index (χ1n) is 11.8. The molecule has 166 valence electrons. The average Bonchev–Trinajstić information content (AvgIpc) is 3.09. The van der Waals surface area contributed by atoms with E-state index in [1.807, 2.05) is 0 Å². The largest absolute Gasteiger partial charge is 0.396 e. The molecule has 5 heteroatoms. The lowest BCUT2D eigenvalue weighted by atomic mass is 9.45. The number of hydrogen-bond acceptors (Lipinski definition) is 4. The molecule has 3 saturated carbocycles. The number of allylic oxidation sites excluding steroid dienone is 2. The molecular weight excluding hydrogens is 383 g/mol. The Hall–Kier alpha value is -0.150. The van der Waals surface area contributed by atoms with Crippen LogP contribution in [0.5, 0.6) is 0 Å². The van der Waals surface area contributed by atoms with Gasteiger partial charge in [-0.2, -0.15) is 0 Å². The average molecular weight is 425 g/mol. The molecule has 0 radical (unpaired) electrons. The van der Waals surface area contributed by atoms with Crippen molar-refractivity contribution in [3.05, 3.63) is 11.4 Å². The Bertz CT molecular complexity index is 697. The van der Waals surface area contributed by atoms with Crippen LogP contribution in [0.2, 0.25) is 0 Å². The Kier molecular flexibility index (Phi) is 5.91. The van der Waals surface area contributed by atoms with E-state index in [-0.39, 0.29) is 0 Å². The van der Waals surface area contributed by atoms with E-state index in [1.54, 1.807) is 0 Å². The summed E-state index contributed by atoms with van der Waals surface area (Å²) in [7, 11) is -0.0971. The molecule has 4 aliphatic rings. The fraction of sp³-hybridized carbons (Fsp3) is 0.917.